The molecule has 20 heavy (non-hydrogen) atoms. The lowest BCUT2D eigenvalue weighted by molar-refractivity contribution is -0.129. The van der Waals surface area contributed by atoms with E-state index in [-0.39, 0.29) is 11.3 Å². The van der Waals surface area contributed by atoms with E-state index in [1.54, 1.807) is 0 Å². The van der Waals surface area contributed by atoms with Gasteiger partial charge in [-0.15, -0.1) is 0 Å². The molecule has 1 N–H and O–H groups in total. The molecule has 0 unspecified atom stereocenters. The zero-order chi connectivity index (χ0) is 14.8. The summed E-state index contributed by atoms with van der Waals surface area (Å²) in [4.78, 5) is 14.8. The first kappa shape index (κ1) is 15.0. The molecule has 110 valence electrons. The lowest BCUT2D eigenvalue weighted by Crippen LogP contribution is -2.48. The van der Waals surface area contributed by atoms with Crippen LogP contribution >= 0.6 is 0 Å². The van der Waals surface area contributed by atoms with E-state index in [2.05, 4.69) is 44.3 Å². The minimum atomic E-state index is -0.183. The highest BCUT2D eigenvalue weighted by atomic mass is 16.2. The van der Waals surface area contributed by atoms with Crippen molar-refractivity contribution in [1.82, 2.24) is 5.32 Å². The first-order valence-electron chi connectivity index (χ1n) is 7.56. The number of nitrogens with one attached hydrogen (secondary N) is 1. The number of aryl methyl sites for hydroxylation is 2. The van der Waals surface area contributed by atoms with Gasteiger partial charge in [-0.05, 0) is 69.5 Å². The number of rotatable bonds is 3. The Hall–Kier alpha value is -1.35. The van der Waals surface area contributed by atoms with Gasteiger partial charge in [0.05, 0.1) is 5.41 Å². The Morgan fingerprint density at radius 2 is 1.75 bits per heavy atom. The maximum Gasteiger partial charge on any atom is 0.233 e. The number of hydrogen-bond acceptors (Lipinski definition) is 2. The fourth-order valence-corrected chi connectivity index (χ4v) is 3.24. The van der Waals surface area contributed by atoms with Crippen LogP contribution < -0.4 is 10.2 Å². The minimum absolute atomic E-state index is 0.183. The van der Waals surface area contributed by atoms with E-state index in [1.807, 2.05) is 11.9 Å². The predicted octanol–water partition coefficient (Wildman–Crippen LogP) is 3.05. The van der Waals surface area contributed by atoms with Crippen LogP contribution in [-0.4, -0.2) is 26.0 Å². The average Bonchev–Trinajstić information content (AvgIpc) is 2.45. The number of piperidine rings is 1. The normalized spacial score (nSPS) is 17.8. The van der Waals surface area contributed by atoms with Crippen molar-refractivity contribution in [3.8, 4) is 0 Å². The molecule has 1 amide bonds. The lowest BCUT2D eigenvalue weighted by Gasteiger charge is -2.38. The molecule has 1 fully saturated rings. The van der Waals surface area contributed by atoms with E-state index in [0.29, 0.717) is 0 Å². The monoisotopic (exact) mass is 274 g/mol. The summed E-state index contributed by atoms with van der Waals surface area (Å²) >= 11 is 0. The summed E-state index contributed by atoms with van der Waals surface area (Å²) in [7, 11) is 1.91. The second-order valence-corrected chi connectivity index (χ2v) is 6.09. The summed E-state index contributed by atoms with van der Waals surface area (Å²) in [6, 6.07) is 6.33. The average molecular weight is 274 g/mol. The van der Waals surface area contributed by atoms with Gasteiger partial charge in [-0.1, -0.05) is 13.0 Å². The van der Waals surface area contributed by atoms with Crippen LogP contribution in [0.5, 0.6) is 0 Å². The van der Waals surface area contributed by atoms with Gasteiger partial charge in [0.2, 0.25) is 5.91 Å². The number of nitrogens with zero attached hydrogens (tertiary/aromatic N) is 1. The molecular formula is C17H26N2O. The third kappa shape index (κ3) is 2.88. The van der Waals surface area contributed by atoms with Crippen LogP contribution in [0.1, 0.15) is 37.3 Å². The second-order valence-electron chi connectivity index (χ2n) is 6.09. The van der Waals surface area contributed by atoms with E-state index < -0.39 is 0 Å². The largest absolute Gasteiger partial charge is 0.317 e. The highest BCUT2D eigenvalue weighted by molar-refractivity contribution is 5.97. The first-order valence-corrected chi connectivity index (χ1v) is 7.56. The van der Waals surface area contributed by atoms with E-state index in [9.17, 15) is 4.79 Å². The van der Waals surface area contributed by atoms with Crippen LogP contribution in [0.15, 0.2) is 18.2 Å². The van der Waals surface area contributed by atoms with E-state index >= 15 is 0 Å². The molecule has 0 radical (unpaired) electrons. The Kier molecular flexibility index (Phi) is 4.48. The third-order valence-corrected chi connectivity index (χ3v) is 4.59. The van der Waals surface area contributed by atoms with Gasteiger partial charge in [0.15, 0.2) is 0 Å². The van der Waals surface area contributed by atoms with Gasteiger partial charge in [0.1, 0.15) is 0 Å². The van der Waals surface area contributed by atoms with Crippen molar-refractivity contribution >= 4 is 11.6 Å². The van der Waals surface area contributed by atoms with Crippen molar-refractivity contribution in [1.29, 1.82) is 0 Å². The number of benzene rings is 1. The van der Waals surface area contributed by atoms with Gasteiger partial charge in [-0.2, -0.15) is 0 Å². The van der Waals surface area contributed by atoms with E-state index in [4.69, 9.17) is 0 Å². The van der Waals surface area contributed by atoms with Crippen molar-refractivity contribution in [2.45, 2.75) is 40.0 Å². The van der Waals surface area contributed by atoms with Crippen LogP contribution in [-0.2, 0) is 4.79 Å². The summed E-state index contributed by atoms with van der Waals surface area (Å²) in [6.07, 6.45) is 2.80. The Morgan fingerprint density at radius 1 is 1.20 bits per heavy atom. The zero-order valence-electron chi connectivity index (χ0n) is 13.1. The molecule has 0 bridgehead atoms. The predicted molar refractivity (Wildman–Crippen MR) is 84.2 cm³/mol. The molecule has 2 rings (SSSR count). The molecule has 1 aliphatic rings. The van der Waals surface area contributed by atoms with Gasteiger partial charge in [-0.25, -0.2) is 0 Å². The highest BCUT2D eigenvalue weighted by Gasteiger charge is 2.39. The molecule has 0 spiro atoms. The Morgan fingerprint density at radius 3 is 2.25 bits per heavy atom. The third-order valence-electron chi connectivity index (χ3n) is 4.59. The molecule has 1 aromatic rings. The number of carbonyl (C=O) groups is 1. The summed E-state index contributed by atoms with van der Waals surface area (Å²) in [5, 5.41) is 3.35. The van der Waals surface area contributed by atoms with E-state index in [0.717, 1.165) is 38.0 Å². The Labute approximate surface area is 122 Å². The summed E-state index contributed by atoms with van der Waals surface area (Å²) in [5.41, 5.74) is 3.24. The van der Waals surface area contributed by atoms with Crippen molar-refractivity contribution in [3.05, 3.63) is 29.3 Å². The van der Waals surface area contributed by atoms with E-state index in [1.165, 1.54) is 11.1 Å². The van der Waals surface area contributed by atoms with Crippen LogP contribution in [0.4, 0.5) is 5.69 Å². The molecular weight excluding hydrogens is 248 g/mol. The first-order chi connectivity index (χ1) is 9.48. The van der Waals surface area contributed by atoms with Gasteiger partial charge < -0.3 is 10.2 Å². The fraction of sp³-hybridized carbons (Fsp3) is 0.588. The lowest BCUT2D eigenvalue weighted by atomic mass is 9.75. The number of anilines is 1. The molecule has 0 aromatic heterocycles. The maximum atomic E-state index is 13.0. The number of hydrogen-bond donors (Lipinski definition) is 1. The smallest absolute Gasteiger partial charge is 0.233 e. The van der Waals surface area contributed by atoms with Gasteiger partial charge in [-0.3, -0.25) is 4.79 Å². The summed E-state index contributed by atoms with van der Waals surface area (Å²) < 4.78 is 0. The van der Waals surface area contributed by atoms with Crippen LogP contribution in [0, 0.1) is 19.3 Å². The molecule has 0 atom stereocenters. The zero-order valence-corrected chi connectivity index (χ0v) is 13.1. The topological polar surface area (TPSA) is 32.3 Å². The summed E-state index contributed by atoms with van der Waals surface area (Å²) in [5.74, 6) is 0.270. The number of carbonyl (C=O) groups excluding carboxylic acids is 1. The number of amides is 1. The van der Waals surface area contributed by atoms with Crippen LogP contribution in [0.3, 0.4) is 0 Å². The molecule has 3 heteroatoms. The quantitative estimate of drug-likeness (QED) is 0.919. The molecule has 0 saturated carbocycles. The van der Waals surface area contributed by atoms with Crippen molar-refractivity contribution in [2.24, 2.45) is 5.41 Å². The molecule has 1 aliphatic heterocycles. The molecule has 0 aliphatic carbocycles. The van der Waals surface area contributed by atoms with Crippen LogP contribution in [0.2, 0.25) is 0 Å². The molecule has 1 heterocycles. The Bertz CT molecular complexity index is 470. The minimum Gasteiger partial charge on any atom is -0.317 e. The maximum absolute atomic E-state index is 13.0. The fourth-order valence-electron chi connectivity index (χ4n) is 3.24. The van der Waals surface area contributed by atoms with Crippen LogP contribution in [0.25, 0.3) is 0 Å². The second kappa shape index (κ2) is 5.96. The standard InChI is InChI=1S/C17H26N2O/c1-5-17(6-8-18-9-7-17)16(20)19(4)15-11-13(2)10-14(3)12-15/h10-12,18H,5-9H2,1-4H3. The summed E-state index contributed by atoms with van der Waals surface area (Å²) in [6.45, 7) is 8.18. The molecule has 3 nitrogen and oxygen atoms in total. The van der Waals surface area contributed by atoms with Crippen molar-refractivity contribution in [2.75, 3.05) is 25.0 Å². The van der Waals surface area contributed by atoms with Crippen molar-refractivity contribution in [3.63, 3.8) is 0 Å². The highest BCUT2D eigenvalue weighted by Crippen LogP contribution is 2.35. The van der Waals surface area contributed by atoms with Gasteiger partial charge in [0, 0.05) is 12.7 Å². The Balaban J connectivity index is 2.26. The van der Waals surface area contributed by atoms with Crippen molar-refractivity contribution < 1.29 is 4.79 Å². The molecule has 1 saturated heterocycles. The molecule has 1 aromatic carbocycles. The van der Waals surface area contributed by atoms with Gasteiger partial charge in [0.25, 0.3) is 0 Å². The van der Waals surface area contributed by atoms with Gasteiger partial charge >= 0.3 is 0 Å². The SMILES string of the molecule is CCC1(C(=O)N(C)c2cc(C)cc(C)c2)CCNCC1.